The minimum atomic E-state index is -0.187. The van der Waals surface area contributed by atoms with Crippen molar-refractivity contribution in [3.8, 4) is 0 Å². The molecule has 0 aromatic carbocycles. The number of aromatic amines is 1. The first-order valence-corrected chi connectivity index (χ1v) is 4.52. The Morgan fingerprint density at radius 2 is 2.46 bits per heavy atom. The minimum absolute atomic E-state index is 0.187. The van der Waals surface area contributed by atoms with Gasteiger partial charge in [-0.2, -0.15) is 5.10 Å². The van der Waals surface area contributed by atoms with Crippen LogP contribution in [0.5, 0.6) is 0 Å². The van der Waals surface area contributed by atoms with Gasteiger partial charge in [-0.1, -0.05) is 0 Å². The lowest BCUT2D eigenvalue weighted by Gasteiger charge is -1.89. The molecule has 3 aromatic rings. The van der Waals surface area contributed by atoms with Crippen molar-refractivity contribution in [1.82, 2.24) is 19.6 Å². The van der Waals surface area contributed by atoms with Gasteiger partial charge in [0.1, 0.15) is 11.8 Å². The predicted octanol–water partition coefficient (Wildman–Crippen LogP) is 0.632. The maximum absolute atomic E-state index is 11.3. The van der Waals surface area contributed by atoms with E-state index in [0.717, 1.165) is 10.3 Å². The van der Waals surface area contributed by atoms with Gasteiger partial charge in [0.2, 0.25) is 0 Å². The van der Waals surface area contributed by atoms with E-state index in [9.17, 15) is 4.79 Å². The van der Waals surface area contributed by atoms with Crippen molar-refractivity contribution in [2.45, 2.75) is 0 Å². The average Bonchev–Trinajstić information content (AvgIpc) is 2.65. The number of fused-ring (bicyclic) bond motifs is 3. The molecule has 5 nitrogen and oxygen atoms in total. The number of H-pyrrole nitrogens is 1. The van der Waals surface area contributed by atoms with E-state index in [1.54, 1.807) is 16.2 Å². The number of aromatic nitrogens is 4. The summed E-state index contributed by atoms with van der Waals surface area (Å²) in [5.74, 6) is 0. The summed E-state index contributed by atoms with van der Waals surface area (Å²) in [7, 11) is 0. The molecule has 0 bridgehead atoms. The van der Waals surface area contributed by atoms with Crippen LogP contribution < -0.4 is 5.56 Å². The Kier molecular flexibility index (Phi) is 1.13. The Hall–Kier alpha value is -1.69. The molecule has 3 heterocycles. The van der Waals surface area contributed by atoms with Gasteiger partial charge in [-0.15, -0.1) is 11.3 Å². The highest BCUT2D eigenvalue weighted by atomic mass is 32.1. The monoisotopic (exact) mass is 192 g/mol. The van der Waals surface area contributed by atoms with Crippen molar-refractivity contribution in [1.29, 1.82) is 0 Å². The van der Waals surface area contributed by atoms with Gasteiger partial charge in [-0.3, -0.25) is 9.20 Å². The minimum Gasteiger partial charge on any atom is -0.277 e. The fourth-order valence-electron chi connectivity index (χ4n) is 1.33. The molecule has 0 aliphatic rings. The van der Waals surface area contributed by atoms with Crippen LogP contribution in [-0.4, -0.2) is 19.6 Å². The van der Waals surface area contributed by atoms with Crippen molar-refractivity contribution >= 4 is 27.2 Å². The first-order valence-electron chi connectivity index (χ1n) is 3.64. The topological polar surface area (TPSA) is 63.0 Å². The van der Waals surface area contributed by atoms with Crippen LogP contribution in [0.2, 0.25) is 0 Å². The Morgan fingerprint density at radius 1 is 1.54 bits per heavy atom. The largest absolute Gasteiger partial charge is 0.288 e. The smallest absolute Gasteiger partial charge is 0.277 e. The molecule has 3 rings (SSSR count). The number of hydrogen-bond acceptors (Lipinski definition) is 4. The highest BCUT2D eigenvalue weighted by Gasteiger charge is 2.06. The summed E-state index contributed by atoms with van der Waals surface area (Å²) >= 11 is 1.51. The van der Waals surface area contributed by atoms with Crippen LogP contribution in [0.15, 0.2) is 22.7 Å². The summed E-state index contributed by atoms with van der Waals surface area (Å²) in [6.07, 6.45) is 1.55. The van der Waals surface area contributed by atoms with E-state index >= 15 is 0 Å². The van der Waals surface area contributed by atoms with E-state index in [1.807, 2.05) is 6.07 Å². The zero-order valence-corrected chi connectivity index (χ0v) is 7.21. The zero-order valence-electron chi connectivity index (χ0n) is 6.39. The first kappa shape index (κ1) is 6.79. The highest BCUT2D eigenvalue weighted by Crippen LogP contribution is 2.19. The van der Waals surface area contributed by atoms with Crippen LogP contribution in [0.3, 0.4) is 0 Å². The van der Waals surface area contributed by atoms with Crippen molar-refractivity contribution in [2.24, 2.45) is 0 Å². The van der Waals surface area contributed by atoms with Gasteiger partial charge in [-0.05, 0) is 6.07 Å². The molecule has 0 atom stereocenters. The van der Waals surface area contributed by atoms with E-state index in [1.165, 1.54) is 11.3 Å². The Balaban J connectivity index is 2.74. The number of nitrogens with zero attached hydrogens (tertiary/aromatic N) is 3. The van der Waals surface area contributed by atoms with Crippen molar-refractivity contribution < 1.29 is 0 Å². The summed E-state index contributed by atoms with van der Waals surface area (Å²) < 4.78 is 2.68. The number of thiazole rings is 1. The van der Waals surface area contributed by atoms with Gasteiger partial charge in [0, 0.05) is 0 Å². The van der Waals surface area contributed by atoms with Crippen molar-refractivity contribution in [3.05, 3.63) is 28.3 Å². The van der Waals surface area contributed by atoms with Crippen LogP contribution in [0.1, 0.15) is 0 Å². The lowest BCUT2D eigenvalue weighted by Crippen LogP contribution is -2.10. The predicted molar refractivity (Wildman–Crippen MR) is 49.0 cm³/mol. The molecule has 0 fully saturated rings. The number of rotatable bonds is 0. The first-order chi connectivity index (χ1) is 6.36. The van der Waals surface area contributed by atoms with Gasteiger partial charge in [0.25, 0.3) is 5.56 Å². The second-order valence-electron chi connectivity index (χ2n) is 2.63. The molecule has 64 valence electrons. The molecule has 0 aliphatic heterocycles. The summed E-state index contributed by atoms with van der Waals surface area (Å²) in [5, 5.41) is 6.08. The van der Waals surface area contributed by atoms with Gasteiger partial charge in [-0.25, -0.2) is 10.1 Å². The van der Waals surface area contributed by atoms with E-state index in [4.69, 9.17) is 0 Å². The maximum Gasteiger partial charge on any atom is 0.288 e. The summed E-state index contributed by atoms with van der Waals surface area (Å²) in [6, 6.07) is 1.81. The van der Waals surface area contributed by atoms with Crippen LogP contribution in [0.4, 0.5) is 0 Å². The molecule has 0 saturated heterocycles. The molecule has 0 spiro atoms. The molecule has 0 radical (unpaired) electrons. The van der Waals surface area contributed by atoms with E-state index in [0.29, 0.717) is 5.52 Å². The molecule has 13 heavy (non-hydrogen) atoms. The highest BCUT2D eigenvalue weighted by molar-refractivity contribution is 7.16. The SMILES string of the molecule is O=c1[nH]ncn2c1cc1scnc12. The number of hydrogen-bond donors (Lipinski definition) is 1. The van der Waals surface area contributed by atoms with Crippen LogP contribution in [0, 0.1) is 0 Å². The maximum atomic E-state index is 11.3. The van der Waals surface area contributed by atoms with E-state index in [2.05, 4.69) is 15.2 Å². The lowest BCUT2D eigenvalue weighted by molar-refractivity contribution is 0.926. The molecular weight excluding hydrogens is 188 g/mol. The second-order valence-corrected chi connectivity index (χ2v) is 3.51. The molecular formula is C7H4N4OS. The van der Waals surface area contributed by atoms with Gasteiger partial charge in [0.15, 0.2) is 5.65 Å². The molecule has 0 aliphatic carbocycles. The van der Waals surface area contributed by atoms with Crippen LogP contribution in [-0.2, 0) is 0 Å². The summed E-state index contributed by atoms with van der Waals surface area (Å²) in [6.45, 7) is 0. The van der Waals surface area contributed by atoms with Crippen molar-refractivity contribution in [2.75, 3.05) is 0 Å². The molecule has 0 unspecified atom stereocenters. The Morgan fingerprint density at radius 3 is 3.38 bits per heavy atom. The third-order valence-electron chi connectivity index (χ3n) is 1.90. The van der Waals surface area contributed by atoms with Crippen LogP contribution in [0.25, 0.3) is 15.9 Å². The standard InChI is InChI=1S/C7H4N4OS/c12-7-4-1-5-6(8-3-13-5)11(4)2-9-10-7/h1-3H,(H,10,12). The second kappa shape index (κ2) is 2.17. The van der Waals surface area contributed by atoms with Crippen LogP contribution >= 0.6 is 11.3 Å². The third kappa shape index (κ3) is 0.775. The summed E-state index contributed by atoms with van der Waals surface area (Å²) in [5.41, 5.74) is 2.94. The fraction of sp³-hybridized carbons (Fsp3) is 0. The van der Waals surface area contributed by atoms with E-state index < -0.39 is 0 Å². The van der Waals surface area contributed by atoms with E-state index in [-0.39, 0.29) is 5.56 Å². The molecule has 1 N–H and O–H groups in total. The molecule has 0 saturated carbocycles. The number of nitrogens with one attached hydrogen (secondary N) is 1. The Labute approximate surface area is 75.7 Å². The quantitative estimate of drug-likeness (QED) is 0.568. The van der Waals surface area contributed by atoms with Gasteiger partial charge in [0.05, 0.1) is 10.2 Å². The summed E-state index contributed by atoms with van der Waals surface area (Å²) in [4.78, 5) is 15.4. The molecule has 6 heteroatoms. The lowest BCUT2D eigenvalue weighted by atomic mass is 10.5. The zero-order chi connectivity index (χ0) is 8.84. The fourth-order valence-corrected chi connectivity index (χ4v) is 2.03. The normalized spacial score (nSPS) is 11.4. The van der Waals surface area contributed by atoms with Crippen molar-refractivity contribution in [3.63, 3.8) is 0 Å². The van der Waals surface area contributed by atoms with Gasteiger partial charge >= 0.3 is 0 Å². The average molecular weight is 192 g/mol. The Bertz CT molecular complexity index is 634. The molecule has 0 amide bonds. The third-order valence-corrected chi connectivity index (χ3v) is 2.67. The molecule has 3 aromatic heterocycles. The van der Waals surface area contributed by atoms with Gasteiger partial charge < -0.3 is 0 Å².